The molecule has 0 aliphatic heterocycles. The van der Waals surface area contributed by atoms with E-state index in [1.165, 1.54) is 0 Å². The molecule has 1 N–H and O–H groups in total. The van der Waals surface area contributed by atoms with Crippen molar-refractivity contribution in [2.45, 2.75) is 0 Å². The van der Waals surface area contributed by atoms with E-state index < -0.39 is 0 Å². The summed E-state index contributed by atoms with van der Waals surface area (Å²) < 4.78 is 5.31. The van der Waals surface area contributed by atoms with Gasteiger partial charge in [-0.2, -0.15) is 0 Å². The number of nitrogens with zero attached hydrogens (tertiary/aromatic N) is 1. The van der Waals surface area contributed by atoms with Gasteiger partial charge in [-0.05, 0) is 26.2 Å². The van der Waals surface area contributed by atoms with Gasteiger partial charge in [-0.3, -0.25) is 4.90 Å². The summed E-state index contributed by atoms with van der Waals surface area (Å²) in [5.74, 6) is 0.912. The Morgan fingerprint density at radius 2 is 2.17 bits per heavy atom. The Morgan fingerprint density at radius 3 is 2.75 bits per heavy atom. The highest BCUT2D eigenvalue weighted by Gasteiger charge is 1.94. The van der Waals surface area contributed by atoms with Gasteiger partial charge in [0.2, 0.25) is 0 Å². The van der Waals surface area contributed by atoms with E-state index >= 15 is 0 Å². The van der Waals surface area contributed by atoms with Crippen molar-refractivity contribution in [1.82, 2.24) is 4.90 Å². The zero-order chi connectivity index (χ0) is 8.97. The first-order valence-corrected chi connectivity index (χ1v) is 3.75. The minimum atomic E-state index is 0.228. The molecule has 0 aliphatic rings. The molecule has 0 saturated heterocycles. The van der Waals surface area contributed by atoms with Gasteiger partial charge in [-0.1, -0.05) is 6.07 Å². The summed E-state index contributed by atoms with van der Waals surface area (Å²) in [5.41, 5.74) is 0. The van der Waals surface area contributed by atoms with E-state index in [2.05, 4.69) is 0 Å². The van der Waals surface area contributed by atoms with Gasteiger partial charge in [0.15, 0.2) is 0 Å². The van der Waals surface area contributed by atoms with Crippen molar-refractivity contribution in [3.63, 3.8) is 0 Å². The fourth-order valence-corrected chi connectivity index (χ4v) is 0.777. The van der Waals surface area contributed by atoms with Crippen molar-refractivity contribution in [3.05, 3.63) is 24.3 Å². The fraction of sp³-hybridized carbons (Fsp3) is 0.333. The zero-order valence-electron chi connectivity index (χ0n) is 7.32. The monoisotopic (exact) mass is 167 g/mol. The molecule has 12 heavy (non-hydrogen) atoms. The Hall–Kier alpha value is -1.22. The number of ether oxygens (including phenoxy) is 1. The van der Waals surface area contributed by atoms with Crippen molar-refractivity contribution in [2.24, 2.45) is 0 Å². The first kappa shape index (κ1) is 8.87. The van der Waals surface area contributed by atoms with Gasteiger partial charge in [-0.25, -0.2) is 0 Å². The molecule has 0 unspecified atom stereocenters. The molecule has 0 atom stereocenters. The number of phenolic OH excluding ortho intramolecular Hbond substituents is 1. The zero-order valence-corrected chi connectivity index (χ0v) is 7.32. The van der Waals surface area contributed by atoms with Crippen molar-refractivity contribution >= 4 is 0 Å². The molecule has 0 saturated carbocycles. The SMILES string of the molecule is CN(C)COc1cccc(O)c1. The van der Waals surface area contributed by atoms with Crippen LogP contribution in [0.25, 0.3) is 0 Å². The second-order valence-corrected chi connectivity index (χ2v) is 2.85. The highest BCUT2D eigenvalue weighted by molar-refractivity contribution is 5.31. The van der Waals surface area contributed by atoms with Crippen LogP contribution in [0.5, 0.6) is 11.5 Å². The highest BCUT2D eigenvalue weighted by Crippen LogP contribution is 2.17. The average Bonchev–Trinajstić information content (AvgIpc) is 2.01. The maximum Gasteiger partial charge on any atom is 0.141 e. The van der Waals surface area contributed by atoms with Crippen LogP contribution in [0.2, 0.25) is 0 Å². The molecule has 1 rings (SSSR count). The smallest absolute Gasteiger partial charge is 0.141 e. The van der Waals surface area contributed by atoms with Crippen molar-refractivity contribution in [2.75, 3.05) is 20.8 Å². The van der Waals surface area contributed by atoms with Crippen LogP contribution in [0.1, 0.15) is 0 Å². The minimum absolute atomic E-state index is 0.228. The second kappa shape index (κ2) is 3.97. The van der Waals surface area contributed by atoms with E-state index in [9.17, 15) is 0 Å². The van der Waals surface area contributed by atoms with Crippen LogP contribution in [-0.2, 0) is 0 Å². The van der Waals surface area contributed by atoms with E-state index in [4.69, 9.17) is 9.84 Å². The average molecular weight is 167 g/mol. The molecule has 3 heteroatoms. The molecule has 0 spiro atoms. The number of aromatic hydroxyl groups is 1. The first-order chi connectivity index (χ1) is 5.68. The summed E-state index contributed by atoms with van der Waals surface area (Å²) in [6, 6.07) is 6.76. The topological polar surface area (TPSA) is 32.7 Å². The lowest BCUT2D eigenvalue weighted by molar-refractivity contribution is 0.179. The minimum Gasteiger partial charge on any atom is -0.508 e. The summed E-state index contributed by atoms with van der Waals surface area (Å²) in [6.07, 6.45) is 0. The molecule has 3 nitrogen and oxygen atoms in total. The summed E-state index contributed by atoms with van der Waals surface area (Å²) in [5, 5.41) is 9.08. The lowest BCUT2D eigenvalue weighted by Crippen LogP contribution is -2.18. The van der Waals surface area contributed by atoms with Crippen LogP contribution >= 0.6 is 0 Å². The van der Waals surface area contributed by atoms with E-state index in [-0.39, 0.29) is 5.75 Å². The Morgan fingerprint density at radius 1 is 1.42 bits per heavy atom. The Labute approximate surface area is 72.2 Å². The largest absolute Gasteiger partial charge is 0.508 e. The molecule has 1 aromatic rings. The van der Waals surface area contributed by atoms with E-state index in [0.29, 0.717) is 12.5 Å². The van der Waals surface area contributed by atoms with Crippen LogP contribution in [0, 0.1) is 0 Å². The van der Waals surface area contributed by atoms with Crippen LogP contribution in [0.15, 0.2) is 24.3 Å². The van der Waals surface area contributed by atoms with Crippen LogP contribution in [0.3, 0.4) is 0 Å². The quantitative estimate of drug-likeness (QED) is 0.688. The van der Waals surface area contributed by atoms with Crippen LogP contribution in [0.4, 0.5) is 0 Å². The second-order valence-electron chi connectivity index (χ2n) is 2.85. The predicted molar refractivity (Wildman–Crippen MR) is 47.3 cm³/mol. The Balaban J connectivity index is 2.52. The number of hydrogen-bond donors (Lipinski definition) is 1. The molecule has 0 radical (unpaired) electrons. The van der Waals surface area contributed by atoms with Gasteiger partial charge >= 0.3 is 0 Å². The van der Waals surface area contributed by atoms with E-state index in [0.717, 1.165) is 0 Å². The molecule has 0 aliphatic carbocycles. The number of phenols is 1. The van der Waals surface area contributed by atoms with Gasteiger partial charge in [0.25, 0.3) is 0 Å². The van der Waals surface area contributed by atoms with E-state index in [1.54, 1.807) is 18.2 Å². The number of benzene rings is 1. The van der Waals surface area contributed by atoms with Gasteiger partial charge in [0, 0.05) is 6.07 Å². The molecule has 0 fully saturated rings. The molecular formula is C9H13NO2. The van der Waals surface area contributed by atoms with Crippen LogP contribution in [-0.4, -0.2) is 30.8 Å². The lowest BCUT2D eigenvalue weighted by atomic mass is 10.3. The molecule has 0 amide bonds. The highest BCUT2D eigenvalue weighted by atomic mass is 16.5. The van der Waals surface area contributed by atoms with Gasteiger partial charge in [0.05, 0.1) is 0 Å². The molecule has 1 aromatic carbocycles. The lowest BCUT2D eigenvalue weighted by Gasteiger charge is -2.11. The molecule has 0 heterocycles. The fourth-order valence-electron chi connectivity index (χ4n) is 0.777. The first-order valence-electron chi connectivity index (χ1n) is 3.75. The van der Waals surface area contributed by atoms with Gasteiger partial charge in [0.1, 0.15) is 18.2 Å². The van der Waals surface area contributed by atoms with Crippen molar-refractivity contribution < 1.29 is 9.84 Å². The van der Waals surface area contributed by atoms with Gasteiger partial charge < -0.3 is 9.84 Å². The third-order valence-corrected chi connectivity index (χ3v) is 1.31. The van der Waals surface area contributed by atoms with E-state index in [1.807, 2.05) is 25.1 Å². The third kappa shape index (κ3) is 2.80. The number of hydrogen-bond acceptors (Lipinski definition) is 3. The summed E-state index contributed by atoms with van der Waals surface area (Å²) in [6.45, 7) is 0.517. The molecule has 0 aromatic heterocycles. The standard InChI is InChI=1S/C9H13NO2/c1-10(2)7-12-9-5-3-4-8(11)6-9/h3-6,11H,7H2,1-2H3. The number of rotatable bonds is 3. The predicted octanol–water partition coefficient (Wildman–Crippen LogP) is 1.29. The maximum atomic E-state index is 9.08. The molecular weight excluding hydrogens is 154 g/mol. The summed E-state index contributed by atoms with van der Waals surface area (Å²) >= 11 is 0. The van der Waals surface area contributed by atoms with Gasteiger partial charge in [-0.15, -0.1) is 0 Å². The maximum absolute atomic E-state index is 9.08. The molecule has 66 valence electrons. The van der Waals surface area contributed by atoms with Crippen LogP contribution < -0.4 is 4.74 Å². The summed E-state index contributed by atoms with van der Waals surface area (Å²) in [4.78, 5) is 1.91. The Bertz CT molecular complexity index is 248. The van der Waals surface area contributed by atoms with Crippen molar-refractivity contribution in [1.29, 1.82) is 0 Å². The third-order valence-electron chi connectivity index (χ3n) is 1.31. The summed E-state index contributed by atoms with van der Waals surface area (Å²) in [7, 11) is 3.84. The van der Waals surface area contributed by atoms with Crippen molar-refractivity contribution in [3.8, 4) is 11.5 Å². The Kier molecular flexibility index (Phi) is 2.94. The normalized spacial score (nSPS) is 10.2. The molecule has 0 bridgehead atoms.